The van der Waals surface area contributed by atoms with Crippen LogP contribution in [0.3, 0.4) is 0 Å². The summed E-state index contributed by atoms with van der Waals surface area (Å²) < 4.78 is 1.70. The average Bonchev–Trinajstić information content (AvgIpc) is 2.91. The Kier molecular flexibility index (Phi) is 4.87. The third kappa shape index (κ3) is 3.30. The van der Waals surface area contributed by atoms with Crippen molar-refractivity contribution in [2.75, 3.05) is 0 Å². The van der Waals surface area contributed by atoms with Crippen LogP contribution < -0.4 is 4.80 Å². The minimum absolute atomic E-state index is 0.392. The van der Waals surface area contributed by atoms with Crippen LogP contribution in [0.15, 0.2) is 29.3 Å². The number of benzene rings is 1. The molecule has 0 radical (unpaired) electrons. The Balaban J connectivity index is 2.11. The molecule has 1 aromatic heterocycles. The molecule has 126 valence electrons. The van der Waals surface area contributed by atoms with E-state index in [1.165, 1.54) is 11.3 Å². The van der Waals surface area contributed by atoms with E-state index >= 15 is 0 Å². The number of aliphatic carboxylic acids is 1. The van der Waals surface area contributed by atoms with E-state index in [9.17, 15) is 14.7 Å². The van der Waals surface area contributed by atoms with Gasteiger partial charge >= 0.3 is 5.97 Å². The van der Waals surface area contributed by atoms with Crippen LogP contribution in [0.5, 0.6) is 0 Å². The molecular weight excluding hydrogens is 348 g/mol. The lowest BCUT2D eigenvalue weighted by Crippen LogP contribution is -2.28. The number of halogens is 1. The summed E-state index contributed by atoms with van der Waals surface area (Å²) in [5.41, 5.74) is 1.39. The summed E-state index contributed by atoms with van der Waals surface area (Å²) in [6.07, 6.45) is 3.84. The zero-order valence-electron chi connectivity index (χ0n) is 13.2. The number of rotatable bonds is 3. The second-order valence-electron chi connectivity index (χ2n) is 5.77. The van der Waals surface area contributed by atoms with Gasteiger partial charge < -0.3 is 9.67 Å². The molecule has 0 aliphatic heterocycles. The van der Waals surface area contributed by atoms with E-state index in [0.717, 1.165) is 36.3 Å². The smallest absolute Gasteiger partial charge is 0.326 e. The number of fused-ring (bicyclic) bond motifs is 1. The van der Waals surface area contributed by atoms with Gasteiger partial charge in [-0.25, -0.2) is 4.79 Å². The van der Waals surface area contributed by atoms with E-state index in [0.29, 0.717) is 15.4 Å². The van der Waals surface area contributed by atoms with Crippen LogP contribution in [0.4, 0.5) is 0 Å². The van der Waals surface area contributed by atoms with Crippen LogP contribution in [0.25, 0.3) is 0 Å². The van der Waals surface area contributed by atoms with Gasteiger partial charge in [-0.3, -0.25) is 4.79 Å². The van der Waals surface area contributed by atoms with E-state index in [-0.39, 0.29) is 0 Å². The molecule has 1 amide bonds. The van der Waals surface area contributed by atoms with Crippen molar-refractivity contribution in [2.45, 2.75) is 38.6 Å². The highest BCUT2D eigenvalue weighted by Gasteiger charge is 2.24. The van der Waals surface area contributed by atoms with Crippen LogP contribution in [-0.4, -0.2) is 21.6 Å². The minimum atomic E-state index is -0.933. The standard InChI is InChI=1S/C17H17ClN2O3S/c1-10(16(22)23)20-13-7-2-3-8-14(13)24-17(20)19-15(21)11-5-4-6-12(18)9-11/h4-6,9-10H,2-3,7-8H2,1H3,(H,22,23). The van der Waals surface area contributed by atoms with Crippen molar-refractivity contribution in [1.82, 2.24) is 4.57 Å². The highest BCUT2D eigenvalue weighted by Crippen LogP contribution is 2.26. The second-order valence-corrected chi connectivity index (χ2v) is 7.27. The van der Waals surface area contributed by atoms with Gasteiger partial charge in [0.25, 0.3) is 5.91 Å². The molecule has 0 bridgehead atoms. The van der Waals surface area contributed by atoms with Crippen molar-refractivity contribution < 1.29 is 14.7 Å². The van der Waals surface area contributed by atoms with Crippen molar-refractivity contribution in [3.8, 4) is 0 Å². The molecule has 1 atom stereocenters. The van der Waals surface area contributed by atoms with E-state index in [4.69, 9.17) is 11.6 Å². The van der Waals surface area contributed by atoms with Gasteiger partial charge in [-0.1, -0.05) is 17.7 Å². The lowest BCUT2D eigenvalue weighted by molar-refractivity contribution is -0.140. The van der Waals surface area contributed by atoms with Gasteiger partial charge in [0.1, 0.15) is 6.04 Å². The molecule has 1 aromatic carbocycles. The lowest BCUT2D eigenvalue weighted by atomic mass is 10.0. The topological polar surface area (TPSA) is 71.7 Å². The molecule has 0 fully saturated rings. The molecule has 1 heterocycles. The predicted molar refractivity (Wildman–Crippen MR) is 92.6 cm³/mol. The number of amides is 1. The Morgan fingerprint density at radius 2 is 2.08 bits per heavy atom. The van der Waals surface area contributed by atoms with Gasteiger partial charge in [0.05, 0.1) is 0 Å². The summed E-state index contributed by atoms with van der Waals surface area (Å²) in [5.74, 6) is -1.35. The quantitative estimate of drug-likeness (QED) is 0.906. The normalized spacial score (nSPS) is 15.8. The average molecular weight is 365 g/mol. The number of aryl methyl sites for hydroxylation is 1. The molecule has 2 aromatic rings. The number of nitrogens with zero attached hydrogens (tertiary/aromatic N) is 2. The van der Waals surface area contributed by atoms with Crippen LogP contribution in [0.2, 0.25) is 5.02 Å². The molecule has 0 saturated heterocycles. The summed E-state index contributed by atoms with van der Waals surface area (Å²) in [6.45, 7) is 1.62. The molecule has 24 heavy (non-hydrogen) atoms. The van der Waals surface area contributed by atoms with Crippen molar-refractivity contribution in [3.05, 3.63) is 50.2 Å². The van der Waals surface area contributed by atoms with Gasteiger partial charge in [-0.05, 0) is 50.8 Å². The molecule has 3 rings (SSSR count). The first-order chi connectivity index (χ1) is 11.5. The third-order valence-corrected chi connectivity index (χ3v) is 5.51. The van der Waals surface area contributed by atoms with Gasteiger partial charge in [-0.15, -0.1) is 11.3 Å². The van der Waals surface area contributed by atoms with E-state index < -0.39 is 17.9 Å². The molecule has 0 spiro atoms. The highest BCUT2D eigenvalue weighted by molar-refractivity contribution is 7.09. The fraction of sp³-hybridized carbons (Fsp3) is 0.353. The first kappa shape index (κ1) is 16.9. The summed E-state index contributed by atoms with van der Waals surface area (Å²) in [4.78, 5) is 29.7. The Hall–Kier alpha value is -1.92. The predicted octanol–water partition coefficient (Wildman–Crippen LogP) is 3.47. The summed E-state index contributed by atoms with van der Waals surface area (Å²) >= 11 is 7.34. The maximum absolute atomic E-state index is 12.4. The molecule has 1 unspecified atom stereocenters. The molecule has 1 aliphatic carbocycles. The maximum Gasteiger partial charge on any atom is 0.326 e. The number of aromatic nitrogens is 1. The van der Waals surface area contributed by atoms with Crippen molar-refractivity contribution in [3.63, 3.8) is 0 Å². The number of hydrogen-bond donors (Lipinski definition) is 1. The highest BCUT2D eigenvalue weighted by atomic mass is 35.5. The SMILES string of the molecule is CC(C(=O)O)n1c2c(sc1=NC(=O)c1cccc(Cl)c1)CCCC2. The molecular formula is C17H17ClN2O3S. The summed E-state index contributed by atoms with van der Waals surface area (Å²) in [6, 6.07) is 5.84. The minimum Gasteiger partial charge on any atom is -0.480 e. The molecule has 5 nitrogen and oxygen atoms in total. The maximum atomic E-state index is 12.4. The van der Waals surface area contributed by atoms with Crippen molar-refractivity contribution in [1.29, 1.82) is 0 Å². The zero-order chi connectivity index (χ0) is 17.3. The van der Waals surface area contributed by atoms with E-state index in [1.807, 2.05) is 0 Å². The van der Waals surface area contributed by atoms with Crippen LogP contribution in [0, 0.1) is 0 Å². The van der Waals surface area contributed by atoms with Crippen molar-refractivity contribution in [2.24, 2.45) is 4.99 Å². The van der Waals surface area contributed by atoms with Crippen LogP contribution in [-0.2, 0) is 17.6 Å². The van der Waals surface area contributed by atoms with Gasteiger partial charge in [0.2, 0.25) is 0 Å². The Morgan fingerprint density at radius 3 is 2.79 bits per heavy atom. The van der Waals surface area contributed by atoms with Gasteiger partial charge in [0, 0.05) is 21.2 Å². The van der Waals surface area contributed by atoms with Crippen molar-refractivity contribution >= 4 is 34.8 Å². The number of carbonyl (C=O) groups excluding carboxylic acids is 1. The number of carbonyl (C=O) groups is 2. The Labute approximate surface area is 148 Å². The number of hydrogen-bond acceptors (Lipinski definition) is 3. The largest absolute Gasteiger partial charge is 0.480 e. The van der Waals surface area contributed by atoms with E-state index in [2.05, 4.69) is 4.99 Å². The lowest BCUT2D eigenvalue weighted by Gasteiger charge is -2.17. The van der Waals surface area contributed by atoms with Crippen LogP contribution >= 0.6 is 22.9 Å². The number of carboxylic acids is 1. The monoisotopic (exact) mass is 364 g/mol. The fourth-order valence-electron chi connectivity index (χ4n) is 2.86. The third-order valence-electron chi connectivity index (χ3n) is 4.11. The molecule has 0 saturated carbocycles. The fourth-order valence-corrected chi connectivity index (χ4v) is 4.33. The first-order valence-corrected chi connectivity index (χ1v) is 8.97. The number of thiazole rings is 1. The first-order valence-electron chi connectivity index (χ1n) is 7.78. The summed E-state index contributed by atoms with van der Waals surface area (Å²) in [7, 11) is 0. The Bertz CT molecular complexity index is 869. The summed E-state index contributed by atoms with van der Waals surface area (Å²) in [5, 5.41) is 9.87. The molecule has 1 aliphatic rings. The van der Waals surface area contributed by atoms with Gasteiger partial charge in [0.15, 0.2) is 4.80 Å². The zero-order valence-corrected chi connectivity index (χ0v) is 14.7. The van der Waals surface area contributed by atoms with Crippen LogP contribution in [0.1, 0.15) is 46.7 Å². The second kappa shape index (κ2) is 6.91. The Morgan fingerprint density at radius 1 is 1.33 bits per heavy atom. The van der Waals surface area contributed by atoms with Gasteiger partial charge in [-0.2, -0.15) is 4.99 Å². The van der Waals surface area contributed by atoms with E-state index in [1.54, 1.807) is 35.8 Å². The number of carboxylic acid groups (broad SMARTS) is 1. The molecule has 1 N–H and O–H groups in total. The molecule has 7 heteroatoms.